The summed E-state index contributed by atoms with van der Waals surface area (Å²) in [6.45, 7) is 0. The van der Waals surface area contributed by atoms with Crippen LogP contribution >= 0.6 is 0 Å². The first kappa shape index (κ1) is 34.0. The molecule has 0 aliphatic carbocycles. The van der Waals surface area contributed by atoms with Crippen molar-refractivity contribution in [2.24, 2.45) is 0 Å². The van der Waals surface area contributed by atoms with Crippen LogP contribution in [0.2, 0.25) is 0 Å². The van der Waals surface area contributed by atoms with Gasteiger partial charge in [-0.15, -0.1) is 0 Å². The van der Waals surface area contributed by atoms with Gasteiger partial charge in [0.2, 0.25) is 0 Å². The molecule has 0 rings (SSSR count). The van der Waals surface area contributed by atoms with E-state index < -0.39 is 14.8 Å². The fourth-order valence-corrected chi connectivity index (χ4v) is 0. The van der Waals surface area contributed by atoms with E-state index in [0.29, 0.717) is 0 Å². The smallest absolute Gasteiger partial charge is 4.00 e. The normalized spacial score (nSPS) is 2.00. The van der Waals surface area contributed by atoms with Gasteiger partial charge >= 0.3 is 33.5 Å². The predicted molar refractivity (Wildman–Crippen MR) is 8.50 cm³/mol. The Hall–Kier alpha value is 0.256. The van der Waals surface area contributed by atoms with Crippen LogP contribution in [0, 0.1) is 0 Å². The SMILES string of the molecule is [O-2].[O-2].[O]=[Mn]=[O].[Si+4]. The van der Waals surface area contributed by atoms with Crippen LogP contribution in [0.25, 0.3) is 0 Å². The van der Waals surface area contributed by atoms with E-state index >= 15 is 0 Å². The maximum atomic E-state index is 8.41. The minimum atomic E-state index is -1.44. The van der Waals surface area contributed by atoms with Crippen molar-refractivity contribution in [2.45, 2.75) is 0 Å². The van der Waals surface area contributed by atoms with Crippen LogP contribution < -0.4 is 0 Å². The van der Waals surface area contributed by atoms with Gasteiger partial charge in [0.25, 0.3) is 0 Å². The van der Waals surface area contributed by atoms with Crippen molar-refractivity contribution in [2.75, 3.05) is 0 Å². The third-order valence-corrected chi connectivity index (χ3v) is 0. The molecule has 0 aliphatic rings. The van der Waals surface area contributed by atoms with Gasteiger partial charge in [0.05, 0.1) is 0 Å². The molecule has 0 saturated carbocycles. The van der Waals surface area contributed by atoms with Crippen LogP contribution in [0.5, 0.6) is 0 Å². The van der Waals surface area contributed by atoms with Crippen molar-refractivity contribution in [3.63, 3.8) is 0 Å². The molecule has 0 heterocycles. The van der Waals surface area contributed by atoms with Gasteiger partial charge in [0.15, 0.2) is 0 Å². The fraction of sp³-hybridized carbons (Fsp3) is 0. The van der Waals surface area contributed by atoms with E-state index in [9.17, 15) is 0 Å². The molecule has 4 nitrogen and oxygen atoms in total. The van der Waals surface area contributed by atoms with Crippen molar-refractivity contribution in [1.29, 1.82) is 0 Å². The van der Waals surface area contributed by atoms with Crippen molar-refractivity contribution in [3.05, 3.63) is 0 Å². The first-order valence-electron chi connectivity index (χ1n) is 0.309. The zero-order valence-electron chi connectivity index (χ0n) is 2.51. The van der Waals surface area contributed by atoms with Gasteiger partial charge in [-0.25, -0.2) is 0 Å². The number of rotatable bonds is 0. The van der Waals surface area contributed by atoms with Crippen LogP contribution in [0.15, 0.2) is 0 Å². The largest absolute Gasteiger partial charge is 4.00 e. The van der Waals surface area contributed by atoms with Gasteiger partial charge < -0.3 is 11.0 Å². The Morgan fingerprint density at radius 2 is 1.00 bits per heavy atom. The van der Waals surface area contributed by atoms with Crippen molar-refractivity contribution in [3.8, 4) is 0 Å². The third kappa shape index (κ3) is 687. The van der Waals surface area contributed by atoms with Crippen LogP contribution in [0.1, 0.15) is 0 Å². The molecule has 0 radical (unpaired) electrons. The van der Waals surface area contributed by atoms with E-state index in [-0.39, 0.29) is 21.9 Å². The first-order valence-corrected chi connectivity index (χ1v) is 1.27. The molecule has 6 heteroatoms. The Morgan fingerprint density at radius 3 is 1.00 bits per heavy atom. The molecule has 0 atom stereocenters. The maximum Gasteiger partial charge on any atom is 4.00 e. The number of hydrogen-bond acceptors (Lipinski definition) is 2. The molecule has 6 heavy (non-hydrogen) atoms. The second-order valence-electron chi connectivity index (χ2n) is 0.0630. The number of hydrogen-bond donors (Lipinski definition) is 0. The Morgan fingerprint density at radius 1 is 1.00 bits per heavy atom. The molecule has 0 aromatic heterocycles. The van der Waals surface area contributed by atoms with E-state index in [1.807, 2.05) is 0 Å². The molecule has 0 aliphatic heterocycles. The van der Waals surface area contributed by atoms with Crippen molar-refractivity contribution < 1.29 is 33.4 Å². The van der Waals surface area contributed by atoms with E-state index in [1.54, 1.807) is 0 Å². The predicted octanol–water partition coefficient (Wildman–Crippen LogP) is -0.859. The van der Waals surface area contributed by atoms with Gasteiger partial charge in [0.1, 0.15) is 0 Å². The molecular formula is MnO4Si. The molecule has 0 saturated heterocycles. The van der Waals surface area contributed by atoms with Gasteiger partial charge in [-0.2, -0.15) is 0 Å². The Kier molecular flexibility index (Phi) is 341. The summed E-state index contributed by atoms with van der Waals surface area (Å²) in [5, 5.41) is 0. The van der Waals surface area contributed by atoms with Crippen LogP contribution in [-0.2, 0) is 33.4 Å². The second kappa shape index (κ2) is 60.3. The summed E-state index contributed by atoms with van der Waals surface area (Å²) >= 11 is -1.44. The summed E-state index contributed by atoms with van der Waals surface area (Å²) in [5.41, 5.74) is 0. The molecule has 0 amide bonds. The van der Waals surface area contributed by atoms with E-state index in [4.69, 9.17) is 7.67 Å². The molecule has 0 aromatic rings. The van der Waals surface area contributed by atoms with Crippen molar-refractivity contribution in [1.82, 2.24) is 0 Å². The van der Waals surface area contributed by atoms with Crippen LogP contribution in [0.4, 0.5) is 0 Å². The van der Waals surface area contributed by atoms with E-state index in [0.717, 1.165) is 0 Å². The Labute approximate surface area is 45.1 Å². The van der Waals surface area contributed by atoms with Gasteiger partial charge in [-0.1, -0.05) is 0 Å². The average Bonchev–Trinajstić information content (AvgIpc) is 0.918. The molecule has 0 spiro atoms. The van der Waals surface area contributed by atoms with Crippen LogP contribution in [0.3, 0.4) is 0 Å². The summed E-state index contributed by atoms with van der Waals surface area (Å²) in [5.74, 6) is 0. The molecular weight excluding hydrogens is 147 g/mol. The quantitative estimate of drug-likeness (QED) is 0.417. The molecule has 0 fully saturated rings. The van der Waals surface area contributed by atoms with Crippen LogP contribution in [-0.4, -0.2) is 11.0 Å². The monoisotopic (exact) mass is 147 g/mol. The summed E-state index contributed by atoms with van der Waals surface area (Å²) in [4.78, 5) is 0. The zero-order chi connectivity index (χ0) is 2.71. The molecule has 0 aromatic carbocycles. The van der Waals surface area contributed by atoms with E-state index in [2.05, 4.69) is 0 Å². The standard InChI is InChI=1S/Mn.4O.Si/q;;;2*-2;+4. The second-order valence-corrected chi connectivity index (χ2v) is 0.260. The van der Waals surface area contributed by atoms with Gasteiger partial charge in [-0.05, 0) is 0 Å². The maximum absolute atomic E-state index is 8.41. The minimum absolute atomic E-state index is 0. The minimum Gasteiger partial charge on any atom is 4.00 e. The molecule has 35 valence electrons. The topological polar surface area (TPSA) is 91.1 Å². The van der Waals surface area contributed by atoms with Gasteiger partial charge in [0, 0.05) is 0 Å². The van der Waals surface area contributed by atoms with E-state index in [1.165, 1.54) is 0 Å². The zero-order valence-corrected chi connectivity index (χ0v) is 4.69. The van der Waals surface area contributed by atoms with Crippen molar-refractivity contribution >= 4 is 11.0 Å². The Bertz CT molecular complexity index is 28.5. The molecule has 0 unspecified atom stereocenters. The summed E-state index contributed by atoms with van der Waals surface area (Å²) in [6, 6.07) is 0. The third-order valence-electron chi connectivity index (χ3n) is 0. The summed E-state index contributed by atoms with van der Waals surface area (Å²) < 4.78 is 16.8. The average molecular weight is 147 g/mol. The fourth-order valence-electron chi connectivity index (χ4n) is 0. The summed E-state index contributed by atoms with van der Waals surface area (Å²) in [6.07, 6.45) is 0. The molecule has 0 bridgehead atoms. The first-order chi connectivity index (χ1) is 1.41. The van der Waals surface area contributed by atoms with Gasteiger partial charge in [-0.3, -0.25) is 0 Å². The Balaban J connectivity index is -0.00000000667. The summed E-state index contributed by atoms with van der Waals surface area (Å²) in [7, 11) is 0. The molecule has 0 N–H and O–H groups in total.